The number of nitrogen functional groups attached to an aromatic ring is 1. The summed E-state index contributed by atoms with van der Waals surface area (Å²) in [5.41, 5.74) is 10.6. The molecular weight excluding hydrogens is 498 g/mol. The van der Waals surface area contributed by atoms with Gasteiger partial charge in [0.15, 0.2) is 0 Å². The Bertz CT molecular complexity index is 1480. The molecule has 0 unspecified atom stereocenters. The van der Waals surface area contributed by atoms with E-state index in [1.807, 2.05) is 12.3 Å². The lowest BCUT2D eigenvalue weighted by molar-refractivity contribution is 0.0355. The number of benzene rings is 1. The first-order valence-corrected chi connectivity index (χ1v) is 15.1. The van der Waals surface area contributed by atoms with E-state index in [1.165, 1.54) is 31.2 Å². The number of aryl methyl sites for hydroxylation is 1. The van der Waals surface area contributed by atoms with E-state index in [0.717, 1.165) is 59.6 Å². The van der Waals surface area contributed by atoms with Gasteiger partial charge in [-0.3, -0.25) is 4.90 Å². The number of nitrogens with one attached hydrogen (secondary N) is 1. The molecular formula is C32H45N7O. The molecule has 4 aromatic rings. The first-order valence-electron chi connectivity index (χ1n) is 15.1. The lowest BCUT2D eigenvalue weighted by Crippen LogP contribution is -2.49. The van der Waals surface area contributed by atoms with E-state index < -0.39 is 0 Å². The molecule has 8 nitrogen and oxygen atoms in total. The molecule has 214 valence electrons. The highest BCUT2D eigenvalue weighted by Crippen LogP contribution is 2.41. The van der Waals surface area contributed by atoms with Crippen molar-refractivity contribution in [1.29, 1.82) is 0 Å². The van der Waals surface area contributed by atoms with Gasteiger partial charge in [0.05, 0.1) is 28.6 Å². The summed E-state index contributed by atoms with van der Waals surface area (Å²) in [6, 6.07) is 9.76. The number of hydrogen-bond donors (Lipinski definition) is 3. The lowest BCUT2D eigenvalue weighted by Gasteiger charge is -2.46. The minimum Gasteiger partial charge on any atom is -0.391 e. The van der Waals surface area contributed by atoms with E-state index in [9.17, 15) is 5.11 Å². The third-order valence-corrected chi connectivity index (χ3v) is 9.49. The summed E-state index contributed by atoms with van der Waals surface area (Å²) in [6.45, 7) is 12.4. The Balaban J connectivity index is 1.03. The van der Waals surface area contributed by atoms with Crippen LogP contribution >= 0.6 is 0 Å². The van der Waals surface area contributed by atoms with Gasteiger partial charge in [0.1, 0.15) is 23.6 Å². The number of aliphatic hydroxyl groups excluding tert-OH is 1. The number of aromatic nitrogens is 5. The summed E-state index contributed by atoms with van der Waals surface area (Å²) in [5, 5.41) is 11.9. The van der Waals surface area contributed by atoms with E-state index in [1.54, 1.807) is 0 Å². The second-order valence-corrected chi connectivity index (χ2v) is 13.7. The van der Waals surface area contributed by atoms with Crippen LogP contribution in [0.5, 0.6) is 0 Å². The average Bonchev–Trinajstić information content (AvgIpc) is 3.57. The number of imidazole rings is 1. The Morgan fingerprint density at radius 2 is 1.90 bits per heavy atom. The van der Waals surface area contributed by atoms with Crippen LogP contribution in [-0.4, -0.2) is 59.2 Å². The molecule has 40 heavy (non-hydrogen) atoms. The lowest BCUT2D eigenvalue weighted by atomic mass is 9.76. The highest BCUT2D eigenvalue weighted by atomic mass is 16.3. The molecule has 8 heteroatoms. The van der Waals surface area contributed by atoms with Crippen molar-refractivity contribution in [3.8, 4) is 0 Å². The quantitative estimate of drug-likeness (QED) is 0.266. The van der Waals surface area contributed by atoms with Gasteiger partial charge in [-0.1, -0.05) is 26.8 Å². The number of anilines is 1. The molecule has 0 amide bonds. The van der Waals surface area contributed by atoms with Crippen LogP contribution in [0.2, 0.25) is 0 Å². The van der Waals surface area contributed by atoms with Crippen molar-refractivity contribution in [3.05, 3.63) is 48.2 Å². The molecule has 3 atom stereocenters. The third-order valence-electron chi connectivity index (χ3n) is 9.49. The minimum absolute atomic E-state index is 0.0308. The molecule has 3 heterocycles. The molecule has 2 aliphatic rings. The van der Waals surface area contributed by atoms with Gasteiger partial charge in [-0.05, 0) is 87.0 Å². The summed E-state index contributed by atoms with van der Waals surface area (Å²) in [7, 11) is 0. The normalized spacial score (nSPS) is 25.4. The standard InChI is InChI=1S/C32H45N7O/c1-19(2)39(17-21-14-27(28(40)15-21)38-11-10-24-30(33)34-18-35-31(24)38)23-12-20(13-23)6-9-29-36-25-8-7-22(32(3,4)5)16-26(25)37-29/h7-8,10-11,16,18-21,23,27-28,40H,6,9,12-15,17H2,1-5H3,(H,36,37)(H2,33,34,35)/t20-,21-,23-,27+,28+/m0/s1. The molecule has 2 saturated carbocycles. The van der Waals surface area contributed by atoms with Crippen LogP contribution < -0.4 is 5.73 Å². The largest absolute Gasteiger partial charge is 0.391 e. The molecule has 0 aliphatic heterocycles. The molecule has 2 fully saturated rings. The molecule has 1 aromatic carbocycles. The SMILES string of the molecule is CC(C)N(C[C@@H]1C[C@@H](O)[C@H](n2ccc3c(N)ncnc32)C1)[C@H]1C[C@H](CCc2nc3cc(C(C)(C)C)ccc3[nH]2)C1. The predicted octanol–water partition coefficient (Wildman–Crippen LogP) is 5.62. The fourth-order valence-corrected chi connectivity index (χ4v) is 7.07. The van der Waals surface area contributed by atoms with Crippen molar-refractivity contribution in [2.75, 3.05) is 12.3 Å². The highest BCUT2D eigenvalue weighted by molar-refractivity contribution is 5.86. The van der Waals surface area contributed by atoms with Gasteiger partial charge in [0.2, 0.25) is 0 Å². The van der Waals surface area contributed by atoms with Crippen LogP contribution in [0, 0.1) is 11.8 Å². The van der Waals surface area contributed by atoms with Crippen LogP contribution in [0.25, 0.3) is 22.1 Å². The minimum atomic E-state index is -0.372. The van der Waals surface area contributed by atoms with Gasteiger partial charge in [-0.25, -0.2) is 15.0 Å². The summed E-state index contributed by atoms with van der Waals surface area (Å²) in [4.78, 5) is 19.7. The first kappa shape index (κ1) is 27.2. The predicted molar refractivity (Wildman–Crippen MR) is 161 cm³/mol. The molecule has 3 aromatic heterocycles. The van der Waals surface area contributed by atoms with Crippen molar-refractivity contribution < 1.29 is 5.11 Å². The van der Waals surface area contributed by atoms with Gasteiger partial charge in [-0.15, -0.1) is 0 Å². The zero-order chi connectivity index (χ0) is 28.2. The zero-order valence-corrected chi connectivity index (χ0v) is 24.6. The van der Waals surface area contributed by atoms with Crippen LogP contribution in [0.15, 0.2) is 36.8 Å². The maximum absolute atomic E-state index is 11.0. The first-order chi connectivity index (χ1) is 19.1. The van der Waals surface area contributed by atoms with Crippen LogP contribution in [0.4, 0.5) is 5.82 Å². The second kappa shape index (κ2) is 10.5. The zero-order valence-electron chi connectivity index (χ0n) is 24.6. The Morgan fingerprint density at radius 3 is 2.65 bits per heavy atom. The number of rotatable bonds is 8. The topological polar surface area (TPSA) is 109 Å². The monoisotopic (exact) mass is 543 g/mol. The number of H-pyrrole nitrogens is 1. The van der Waals surface area contributed by atoms with E-state index >= 15 is 0 Å². The number of aliphatic hydroxyl groups is 1. The highest BCUT2D eigenvalue weighted by Gasteiger charge is 2.40. The smallest absolute Gasteiger partial charge is 0.145 e. The summed E-state index contributed by atoms with van der Waals surface area (Å²) in [6.07, 6.45) is 9.63. The van der Waals surface area contributed by atoms with Crippen molar-refractivity contribution in [3.63, 3.8) is 0 Å². The van der Waals surface area contributed by atoms with Gasteiger partial charge < -0.3 is 20.4 Å². The van der Waals surface area contributed by atoms with Gasteiger partial charge >= 0.3 is 0 Å². The summed E-state index contributed by atoms with van der Waals surface area (Å²) in [5.74, 6) is 2.82. The van der Waals surface area contributed by atoms with Crippen LogP contribution in [0.3, 0.4) is 0 Å². The number of aromatic amines is 1. The maximum Gasteiger partial charge on any atom is 0.145 e. The number of hydrogen-bond acceptors (Lipinski definition) is 6. The molecule has 6 rings (SSSR count). The fraction of sp³-hybridized carbons (Fsp3) is 0.594. The van der Waals surface area contributed by atoms with Crippen molar-refractivity contribution in [2.24, 2.45) is 11.8 Å². The summed E-state index contributed by atoms with van der Waals surface area (Å²) >= 11 is 0. The van der Waals surface area contributed by atoms with Gasteiger partial charge in [-0.2, -0.15) is 0 Å². The van der Waals surface area contributed by atoms with Crippen molar-refractivity contribution in [1.82, 2.24) is 29.4 Å². The molecule has 0 radical (unpaired) electrons. The Labute approximate surface area is 237 Å². The van der Waals surface area contributed by atoms with Gasteiger partial charge in [0.25, 0.3) is 0 Å². The Kier molecular flexibility index (Phi) is 7.11. The molecule has 2 aliphatic carbocycles. The maximum atomic E-state index is 11.0. The van der Waals surface area contributed by atoms with E-state index in [-0.39, 0.29) is 17.6 Å². The van der Waals surface area contributed by atoms with Crippen molar-refractivity contribution in [2.45, 2.75) is 103 Å². The van der Waals surface area contributed by atoms with E-state index in [0.29, 0.717) is 23.8 Å². The van der Waals surface area contributed by atoms with E-state index in [2.05, 4.69) is 77.2 Å². The van der Waals surface area contributed by atoms with E-state index in [4.69, 9.17) is 10.7 Å². The Hall–Kier alpha value is -2.97. The second-order valence-electron chi connectivity index (χ2n) is 13.7. The summed E-state index contributed by atoms with van der Waals surface area (Å²) < 4.78 is 2.11. The average molecular weight is 544 g/mol. The fourth-order valence-electron chi connectivity index (χ4n) is 7.07. The number of nitrogens with zero attached hydrogens (tertiary/aromatic N) is 5. The molecule has 0 saturated heterocycles. The van der Waals surface area contributed by atoms with Crippen molar-refractivity contribution >= 4 is 27.9 Å². The third kappa shape index (κ3) is 5.23. The van der Waals surface area contributed by atoms with Crippen LogP contribution in [-0.2, 0) is 11.8 Å². The molecule has 4 N–H and O–H groups in total. The van der Waals surface area contributed by atoms with Crippen LogP contribution in [0.1, 0.15) is 84.2 Å². The number of fused-ring (bicyclic) bond motifs is 2. The molecule has 0 spiro atoms. The Morgan fingerprint density at radius 1 is 1.10 bits per heavy atom. The number of nitrogens with two attached hydrogens (primary N) is 1. The molecule has 0 bridgehead atoms. The van der Waals surface area contributed by atoms with Gasteiger partial charge in [0, 0.05) is 31.2 Å².